The maximum absolute atomic E-state index is 11.7. The van der Waals surface area contributed by atoms with Crippen molar-refractivity contribution in [3.63, 3.8) is 0 Å². The molecule has 0 aliphatic rings. The lowest BCUT2D eigenvalue weighted by Gasteiger charge is -2.21. The fraction of sp³-hybridized carbons (Fsp3) is 0.667. The number of aryl methyl sites for hydroxylation is 2. The van der Waals surface area contributed by atoms with Crippen LogP contribution < -0.4 is 5.32 Å². The van der Waals surface area contributed by atoms with Crippen molar-refractivity contribution in [3.05, 3.63) is 17.0 Å². The Balaban J connectivity index is 2.51. The van der Waals surface area contributed by atoms with Crippen molar-refractivity contribution in [2.45, 2.75) is 34.1 Å². The molecule has 17 heavy (non-hydrogen) atoms. The van der Waals surface area contributed by atoms with Crippen LogP contribution in [0.15, 0.2) is 4.52 Å². The zero-order valence-electron chi connectivity index (χ0n) is 10.8. The number of carbonyl (C=O) groups is 1. The zero-order chi connectivity index (χ0) is 13.1. The second-order valence-electron chi connectivity index (χ2n) is 5.08. The van der Waals surface area contributed by atoms with Gasteiger partial charge in [-0.15, -0.1) is 0 Å². The standard InChI is InChI=1S/C12H20N2O3/c1-8-10(9(2)17-14-8)5-11(16)13-6-12(3,4)7-15/h15H,5-7H2,1-4H3,(H,13,16). The molecule has 5 nitrogen and oxygen atoms in total. The van der Waals surface area contributed by atoms with Crippen LogP contribution >= 0.6 is 0 Å². The molecule has 0 fully saturated rings. The van der Waals surface area contributed by atoms with E-state index in [0.717, 1.165) is 11.3 Å². The van der Waals surface area contributed by atoms with E-state index < -0.39 is 0 Å². The molecule has 0 spiro atoms. The maximum Gasteiger partial charge on any atom is 0.224 e. The molecule has 1 rings (SSSR count). The largest absolute Gasteiger partial charge is 0.396 e. The smallest absolute Gasteiger partial charge is 0.224 e. The van der Waals surface area contributed by atoms with Crippen molar-refractivity contribution < 1.29 is 14.4 Å². The molecule has 0 aliphatic heterocycles. The van der Waals surface area contributed by atoms with Crippen LogP contribution in [0.4, 0.5) is 0 Å². The van der Waals surface area contributed by atoms with E-state index in [2.05, 4.69) is 10.5 Å². The van der Waals surface area contributed by atoms with Gasteiger partial charge < -0.3 is 14.9 Å². The van der Waals surface area contributed by atoms with Crippen molar-refractivity contribution in [2.75, 3.05) is 13.2 Å². The summed E-state index contributed by atoms with van der Waals surface area (Å²) in [6, 6.07) is 0. The fourth-order valence-electron chi connectivity index (χ4n) is 1.37. The fourth-order valence-corrected chi connectivity index (χ4v) is 1.37. The van der Waals surface area contributed by atoms with Crippen LogP contribution in [-0.2, 0) is 11.2 Å². The van der Waals surface area contributed by atoms with Gasteiger partial charge in [0.1, 0.15) is 5.76 Å². The van der Waals surface area contributed by atoms with Crippen molar-refractivity contribution in [1.29, 1.82) is 0 Å². The first-order valence-electron chi connectivity index (χ1n) is 5.65. The van der Waals surface area contributed by atoms with Crippen LogP contribution in [0.2, 0.25) is 0 Å². The van der Waals surface area contributed by atoms with Crippen molar-refractivity contribution in [1.82, 2.24) is 10.5 Å². The van der Waals surface area contributed by atoms with Gasteiger partial charge in [-0.1, -0.05) is 19.0 Å². The average molecular weight is 240 g/mol. The molecule has 0 saturated heterocycles. The summed E-state index contributed by atoms with van der Waals surface area (Å²) in [5.41, 5.74) is 1.29. The molecule has 0 aromatic carbocycles. The summed E-state index contributed by atoms with van der Waals surface area (Å²) in [5.74, 6) is 0.597. The molecule has 5 heteroatoms. The zero-order valence-corrected chi connectivity index (χ0v) is 10.8. The Morgan fingerprint density at radius 2 is 2.12 bits per heavy atom. The summed E-state index contributed by atoms with van der Waals surface area (Å²) >= 11 is 0. The van der Waals surface area contributed by atoms with Gasteiger partial charge in [-0.2, -0.15) is 0 Å². The lowest BCUT2D eigenvalue weighted by atomic mass is 9.95. The number of nitrogens with zero attached hydrogens (tertiary/aromatic N) is 1. The SMILES string of the molecule is Cc1noc(C)c1CC(=O)NCC(C)(C)CO. The Morgan fingerprint density at radius 1 is 1.47 bits per heavy atom. The quantitative estimate of drug-likeness (QED) is 0.804. The topological polar surface area (TPSA) is 75.4 Å². The second-order valence-corrected chi connectivity index (χ2v) is 5.08. The second kappa shape index (κ2) is 5.31. The highest BCUT2D eigenvalue weighted by atomic mass is 16.5. The molecule has 0 unspecified atom stereocenters. The van der Waals surface area contributed by atoms with E-state index in [1.165, 1.54) is 0 Å². The molecule has 0 radical (unpaired) electrons. The number of carbonyl (C=O) groups excluding carboxylic acids is 1. The predicted octanol–water partition coefficient (Wildman–Crippen LogP) is 0.969. The van der Waals surface area contributed by atoms with Crippen molar-refractivity contribution >= 4 is 5.91 Å². The molecule has 1 aromatic heterocycles. The summed E-state index contributed by atoms with van der Waals surface area (Å²) in [6.07, 6.45) is 0.267. The number of aliphatic hydroxyl groups excluding tert-OH is 1. The minimum absolute atomic E-state index is 0.0403. The molecule has 1 heterocycles. The molecule has 2 N–H and O–H groups in total. The Labute approximate surface area is 101 Å². The predicted molar refractivity (Wildman–Crippen MR) is 63.6 cm³/mol. The number of hydrogen-bond donors (Lipinski definition) is 2. The molecule has 96 valence electrons. The van der Waals surface area contributed by atoms with Gasteiger partial charge in [0, 0.05) is 24.1 Å². The molecule has 1 amide bonds. The number of aliphatic hydroxyl groups is 1. The highest BCUT2D eigenvalue weighted by molar-refractivity contribution is 5.79. The van der Waals surface area contributed by atoms with Gasteiger partial charge in [-0.25, -0.2) is 0 Å². The Kier molecular flexibility index (Phi) is 4.28. The minimum atomic E-state index is -0.297. The van der Waals surface area contributed by atoms with Crippen molar-refractivity contribution in [2.24, 2.45) is 5.41 Å². The van der Waals surface area contributed by atoms with E-state index in [4.69, 9.17) is 9.63 Å². The van der Waals surface area contributed by atoms with Crippen LogP contribution in [0, 0.1) is 19.3 Å². The van der Waals surface area contributed by atoms with Crippen LogP contribution in [0.25, 0.3) is 0 Å². The molecule has 0 saturated carbocycles. The molecule has 0 atom stereocenters. The molecular formula is C12H20N2O3. The number of aromatic nitrogens is 1. The maximum atomic E-state index is 11.7. The van der Waals surface area contributed by atoms with Crippen LogP contribution in [-0.4, -0.2) is 29.3 Å². The Hall–Kier alpha value is -1.36. The van der Waals surface area contributed by atoms with Gasteiger partial charge in [0.2, 0.25) is 5.91 Å². The molecule has 0 aliphatic carbocycles. The molecule has 0 bridgehead atoms. The van der Waals surface area contributed by atoms with Gasteiger partial charge in [-0.3, -0.25) is 4.79 Å². The molecule has 1 aromatic rings. The third kappa shape index (κ3) is 3.85. The van der Waals surface area contributed by atoms with E-state index in [9.17, 15) is 4.79 Å². The lowest BCUT2D eigenvalue weighted by Crippen LogP contribution is -2.36. The van der Waals surface area contributed by atoms with Gasteiger partial charge in [0.25, 0.3) is 0 Å². The van der Waals surface area contributed by atoms with E-state index in [-0.39, 0.29) is 24.3 Å². The first-order valence-corrected chi connectivity index (χ1v) is 5.65. The van der Waals surface area contributed by atoms with E-state index in [0.29, 0.717) is 12.3 Å². The third-order valence-electron chi connectivity index (χ3n) is 2.71. The average Bonchev–Trinajstić information content (AvgIpc) is 2.58. The summed E-state index contributed by atoms with van der Waals surface area (Å²) in [7, 11) is 0. The number of hydrogen-bond acceptors (Lipinski definition) is 4. The number of amides is 1. The van der Waals surface area contributed by atoms with Gasteiger partial charge in [0.05, 0.1) is 12.1 Å². The summed E-state index contributed by atoms with van der Waals surface area (Å²) in [4.78, 5) is 11.7. The first-order chi connectivity index (χ1) is 7.85. The van der Waals surface area contributed by atoms with E-state index in [1.807, 2.05) is 20.8 Å². The minimum Gasteiger partial charge on any atom is -0.396 e. The van der Waals surface area contributed by atoms with Gasteiger partial charge >= 0.3 is 0 Å². The monoisotopic (exact) mass is 240 g/mol. The lowest BCUT2D eigenvalue weighted by molar-refractivity contribution is -0.121. The summed E-state index contributed by atoms with van der Waals surface area (Å²) in [5, 5.41) is 15.7. The Bertz CT molecular complexity index is 377. The van der Waals surface area contributed by atoms with Crippen molar-refractivity contribution in [3.8, 4) is 0 Å². The third-order valence-corrected chi connectivity index (χ3v) is 2.71. The number of rotatable bonds is 5. The van der Waals surface area contributed by atoms with Gasteiger partial charge in [-0.05, 0) is 13.8 Å². The number of nitrogens with one attached hydrogen (secondary N) is 1. The molecular weight excluding hydrogens is 220 g/mol. The highest BCUT2D eigenvalue weighted by Gasteiger charge is 2.19. The normalized spacial score (nSPS) is 11.6. The summed E-state index contributed by atoms with van der Waals surface area (Å²) in [6.45, 7) is 7.88. The van der Waals surface area contributed by atoms with Gasteiger partial charge in [0.15, 0.2) is 0 Å². The Morgan fingerprint density at radius 3 is 2.59 bits per heavy atom. The van der Waals surface area contributed by atoms with Crippen LogP contribution in [0.3, 0.4) is 0 Å². The van der Waals surface area contributed by atoms with E-state index >= 15 is 0 Å². The van der Waals surface area contributed by atoms with E-state index in [1.54, 1.807) is 6.92 Å². The van der Waals surface area contributed by atoms with Crippen LogP contribution in [0.1, 0.15) is 30.9 Å². The highest BCUT2D eigenvalue weighted by Crippen LogP contribution is 2.14. The first kappa shape index (κ1) is 13.7. The van der Waals surface area contributed by atoms with Crippen LogP contribution in [0.5, 0.6) is 0 Å². The summed E-state index contributed by atoms with van der Waals surface area (Å²) < 4.78 is 4.99.